The van der Waals surface area contributed by atoms with Gasteiger partial charge >= 0.3 is 0 Å². The predicted octanol–water partition coefficient (Wildman–Crippen LogP) is 5.28. The highest BCUT2D eigenvalue weighted by Crippen LogP contribution is 2.35. The molecule has 1 aliphatic carbocycles. The number of rotatable bonds is 6. The van der Waals surface area contributed by atoms with Crippen LogP contribution in [0.3, 0.4) is 0 Å². The molecule has 1 aromatic carbocycles. The molecule has 0 saturated heterocycles. The summed E-state index contributed by atoms with van der Waals surface area (Å²) in [5.41, 5.74) is 2.63. The Morgan fingerprint density at radius 1 is 1.05 bits per heavy atom. The second kappa shape index (κ2) is 7.61. The maximum atomic E-state index is 12.4. The van der Waals surface area contributed by atoms with Crippen molar-refractivity contribution < 1.29 is 4.79 Å². The van der Waals surface area contributed by atoms with Gasteiger partial charge in [-0.1, -0.05) is 63.8 Å². The molecule has 0 aromatic heterocycles. The van der Waals surface area contributed by atoms with E-state index in [1.165, 1.54) is 43.2 Å². The Kier molecular flexibility index (Phi) is 5.82. The van der Waals surface area contributed by atoms with E-state index in [1.807, 2.05) is 0 Å². The fourth-order valence-electron chi connectivity index (χ4n) is 3.39. The van der Waals surface area contributed by atoms with Gasteiger partial charge in [-0.25, -0.2) is 0 Å². The highest BCUT2D eigenvalue weighted by Gasteiger charge is 2.29. The molecule has 1 aromatic rings. The Hall–Kier alpha value is -1.11. The third-order valence-corrected chi connectivity index (χ3v) is 4.63. The fourth-order valence-corrected chi connectivity index (χ4v) is 3.39. The summed E-state index contributed by atoms with van der Waals surface area (Å²) in [7, 11) is 0. The molecular formula is C19H28O. The van der Waals surface area contributed by atoms with E-state index < -0.39 is 0 Å². The summed E-state index contributed by atoms with van der Waals surface area (Å²) in [6, 6.07) is 8.77. The number of Topliss-reactive ketones (excluding diaryl/α,β-unsaturated/α-hetero) is 1. The van der Waals surface area contributed by atoms with Gasteiger partial charge in [0.05, 0.1) is 0 Å². The van der Waals surface area contributed by atoms with Crippen molar-refractivity contribution in [1.82, 2.24) is 0 Å². The van der Waals surface area contributed by atoms with Crippen molar-refractivity contribution in [3.63, 3.8) is 0 Å². The summed E-state index contributed by atoms with van der Waals surface area (Å²) in [5.74, 6) is 1.29. The second-order valence-corrected chi connectivity index (χ2v) is 6.30. The molecule has 1 heteroatoms. The van der Waals surface area contributed by atoms with Gasteiger partial charge in [-0.2, -0.15) is 0 Å². The Morgan fingerprint density at radius 2 is 1.80 bits per heavy atom. The number of carbonyl (C=O) groups is 1. The molecule has 0 N–H and O–H groups in total. The SMILES string of the molecule is CCCC[C@H]1CC[C@H](c2ccc(CCC)cc2)C(=O)C1. The molecule has 110 valence electrons. The summed E-state index contributed by atoms with van der Waals surface area (Å²) in [6.45, 7) is 4.43. The third kappa shape index (κ3) is 3.94. The highest BCUT2D eigenvalue weighted by atomic mass is 16.1. The molecule has 0 heterocycles. The van der Waals surface area contributed by atoms with E-state index >= 15 is 0 Å². The van der Waals surface area contributed by atoms with Gasteiger partial charge in [-0.3, -0.25) is 4.79 Å². The molecule has 0 spiro atoms. The predicted molar refractivity (Wildman–Crippen MR) is 85.1 cm³/mol. The van der Waals surface area contributed by atoms with Crippen molar-refractivity contribution >= 4 is 5.78 Å². The lowest BCUT2D eigenvalue weighted by atomic mass is 9.76. The monoisotopic (exact) mass is 272 g/mol. The Balaban J connectivity index is 1.95. The van der Waals surface area contributed by atoms with Crippen LogP contribution in [0.15, 0.2) is 24.3 Å². The van der Waals surface area contributed by atoms with Crippen molar-refractivity contribution in [2.75, 3.05) is 0 Å². The van der Waals surface area contributed by atoms with Crippen molar-refractivity contribution in [2.45, 2.75) is 71.1 Å². The first-order valence-corrected chi connectivity index (χ1v) is 8.36. The number of benzene rings is 1. The van der Waals surface area contributed by atoms with Gasteiger partial charge in [-0.15, -0.1) is 0 Å². The van der Waals surface area contributed by atoms with Gasteiger partial charge in [-0.05, 0) is 36.3 Å². The van der Waals surface area contributed by atoms with Crippen molar-refractivity contribution in [1.29, 1.82) is 0 Å². The molecule has 1 nitrogen and oxygen atoms in total. The summed E-state index contributed by atoms with van der Waals surface area (Å²) >= 11 is 0. The highest BCUT2D eigenvalue weighted by molar-refractivity contribution is 5.86. The van der Waals surface area contributed by atoms with Crippen LogP contribution in [0, 0.1) is 5.92 Å². The minimum absolute atomic E-state index is 0.170. The van der Waals surface area contributed by atoms with E-state index in [9.17, 15) is 4.79 Å². The van der Waals surface area contributed by atoms with Crippen LogP contribution >= 0.6 is 0 Å². The zero-order valence-corrected chi connectivity index (χ0v) is 13.0. The Morgan fingerprint density at radius 3 is 2.40 bits per heavy atom. The van der Waals surface area contributed by atoms with Crippen molar-refractivity contribution in [3.8, 4) is 0 Å². The molecule has 0 radical (unpaired) electrons. The minimum atomic E-state index is 0.170. The van der Waals surface area contributed by atoms with Crippen LogP contribution in [-0.4, -0.2) is 5.78 Å². The third-order valence-electron chi connectivity index (χ3n) is 4.63. The standard InChI is InChI=1S/C19H28O/c1-3-5-7-16-10-13-18(19(20)14-16)17-11-8-15(6-4-2)9-12-17/h8-9,11-12,16,18H,3-7,10,13-14H2,1-2H3/t16-,18+/m0/s1. The van der Waals surface area contributed by atoms with Crippen LogP contribution in [0.2, 0.25) is 0 Å². The van der Waals surface area contributed by atoms with Crippen LogP contribution in [0.25, 0.3) is 0 Å². The van der Waals surface area contributed by atoms with Gasteiger partial charge in [0.25, 0.3) is 0 Å². The first-order valence-electron chi connectivity index (χ1n) is 8.36. The van der Waals surface area contributed by atoms with Crippen molar-refractivity contribution in [2.24, 2.45) is 5.92 Å². The lowest BCUT2D eigenvalue weighted by molar-refractivity contribution is -0.123. The van der Waals surface area contributed by atoms with Crippen LogP contribution in [0.1, 0.15) is 75.8 Å². The molecule has 1 saturated carbocycles. The summed E-state index contributed by atoms with van der Waals surface area (Å²) in [4.78, 5) is 12.4. The second-order valence-electron chi connectivity index (χ2n) is 6.30. The van der Waals surface area contributed by atoms with E-state index in [0.717, 1.165) is 19.3 Å². The van der Waals surface area contributed by atoms with Crippen LogP contribution < -0.4 is 0 Å². The Labute approximate surface area is 123 Å². The van der Waals surface area contributed by atoms with Gasteiger partial charge in [0.2, 0.25) is 0 Å². The quantitative estimate of drug-likeness (QED) is 0.688. The zero-order chi connectivity index (χ0) is 14.4. The lowest BCUT2D eigenvalue weighted by Crippen LogP contribution is -2.23. The molecular weight excluding hydrogens is 244 g/mol. The Bertz CT molecular complexity index is 418. The average molecular weight is 272 g/mol. The number of carbonyl (C=O) groups excluding carboxylic acids is 1. The van der Waals surface area contributed by atoms with E-state index in [4.69, 9.17) is 0 Å². The fraction of sp³-hybridized carbons (Fsp3) is 0.632. The normalized spacial score (nSPS) is 23.0. The number of hydrogen-bond donors (Lipinski definition) is 0. The first-order chi connectivity index (χ1) is 9.74. The van der Waals surface area contributed by atoms with E-state index in [-0.39, 0.29) is 5.92 Å². The number of aryl methyl sites for hydroxylation is 1. The van der Waals surface area contributed by atoms with E-state index in [0.29, 0.717) is 11.7 Å². The van der Waals surface area contributed by atoms with Crippen LogP contribution in [0.5, 0.6) is 0 Å². The summed E-state index contributed by atoms with van der Waals surface area (Å²) < 4.78 is 0. The van der Waals surface area contributed by atoms with Gasteiger partial charge < -0.3 is 0 Å². The minimum Gasteiger partial charge on any atom is -0.299 e. The maximum Gasteiger partial charge on any atom is 0.140 e. The van der Waals surface area contributed by atoms with Gasteiger partial charge in [0.15, 0.2) is 0 Å². The smallest absolute Gasteiger partial charge is 0.140 e. The average Bonchev–Trinajstić information content (AvgIpc) is 2.47. The summed E-state index contributed by atoms with van der Waals surface area (Å²) in [5, 5.41) is 0. The van der Waals surface area contributed by atoms with Crippen molar-refractivity contribution in [3.05, 3.63) is 35.4 Å². The molecule has 1 fully saturated rings. The molecule has 20 heavy (non-hydrogen) atoms. The number of hydrogen-bond acceptors (Lipinski definition) is 1. The number of ketones is 1. The van der Waals surface area contributed by atoms with Gasteiger partial charge in [0.1, 0.15) is 5.78 Å². The maximum absolute atomic E-state index is 12.4. The van der Waals surface area contributed by atoms with E-state index in [2.05, 4.69) is 38.1 Å². The topological polar surface area (TPSA) is 17.1 Å². The number of unbranched alkanes of at least 4 members (excludes halogenated alkanes) is 1. The molecule has 1 aliphatic rings. The molecule has 0 aliphatic heterocycles. The van der Waals surface area contributed by atoms with Gasteiger partial charge in [0, 0.05) is 12.3 Å². The molecule has 2 rings (SSSR count). The largest absolute Gasteiger partial charge is 0.299 e. The molecule has 0 bridgehead atoms. The van der Waals surface area contributed by atoms with Crippen LogP contribution in [-0.2, 0) is 11.2 Å². The molecule has 0 amide bonds. The van der Waals surface area contributed by atoms with E-state index in [1.54, 1.807) is 0 Å². The van der Waals surface area contributed by atoms with Crippen LogP contribution in [0.4, 0.5) is 0 Å². The lowest BCUT2D eigenvalue weighted by Gasteiger charge is -2.27. The molecule has 0 unspecified atom stereocenters. The first kappa shape index (κ1) is 15.3. The zero-order valence-electron chi connectivity index (χ0n) is 13.0. The summed E-state index contributed by atoms with van der Waals surface area (Å²) in [6.07, 6.45) is 9.17. The molecule has 2 atom stereocenters.